The average Bonchev–Trinajstić information content (AvgIpc) is 2.56. The minimum Gasteiger partial charge on any atom is -0.482 e. The molecule has 0 aliphatic carbocycles. The minimum atomic E-state index is -0.223. The predicted octanol–water partition coefficient (Wildman–Crippen LogP) is 1.68. The summed E-state index contributed by atoms with van der Waals surface area (Å²) in [4.78, 5) is 29.3. The van der Waals surface area contributed by atoms with Crippen molar-refractivity contribution < 1.29 is 14.3 Å². The highest BCUT2D eigenvalue weighted by molar-refractivity contribution is 5.97. The second kappa shape index (κ2) is 6.08. The van der Waals surface area contributed by atoms with Crippen LogP contribution in [-0.4, -0.2) is 30.5 Å². The fourth-order valence-corrected chi connectivity index (χ4v) is 2.37. The Kier molecular flexibility index (Phi) is 3.97. The highest BCUT2D eigenvalue weighted by Crippen LogP contribution is 2.31. The quantitative estimate of drug-likeness (QED) is 0.936. The van der Waals surface area contributed by atoms with Crippen molar-refractivity contribution in [2.45, 2.75) is 13.5 Å². The third-order valence-electron chi connectivity index (χ3n) is 3.71. The van der Waals surface area contributed by atoms with Gasteiger partial charge < -0.3 is 15.0 Å². The first-order valence-electron chi connectivity index (χ1n) is 7.28. The van der Waals surface area contributed by atoms with Gasteiger partial charge in [0.1, 0.15) is 11.4 Å². The molecule has 6 heteroatoms. The number of carbonyl (C=O) groups is 2. The van der Waals surface area contributed by atoms with Gasteiger partial charge >= 0.3 is 0 Å². The van der Waals surface area contributed by atoms with Crippen molar-refractivity contribution in [3.63, 3.8) is 0 Å². The first kappa shape index (κ1) is 15.0. The summed E-state index contributed by atoms with van der Waals surface area (Å²) >= 11 is 0. The lowest BCUT2D eigenvalue weighted by molar-refractivity contribution is -0.120. The molecule has 6 nitrogen and oxygen atoms in total. The number of rotatable bonds is 3. The predicted molar refractivity (Wildman–Crippen MR) is 85.5 cm³/mol. The van der Waals surface area contributed by atoms with Crippen LogP contribution in [0.1, 0.15) is 21.6 Å². The zero-order valence-corrected chi connectivity index (χ0v) is 13.0. The lowest BCUT2D eigenvalue weighted by Crippen LogP contribution is -2.35. The van der Waals surface area contributed by atoms with Gasteiger partial charge in [-0.1, -0.05) is 6.07 Å². The zero-order valence-electron chi connectivity index (χ0n) is 13.0. The van der Waals surface area contributed by atoms with E-state index >= 15 is 0 Å². The molecule has 2 amide bonds. The van der Waals surface area contributed by atoms with Crippen molar-refractivity contribution >= 4 is 17.5 Å². The van der Waals surface area contributed by atoms with Gasteiger partial charge in [-0.2, -0.15) is 0 Å². The topological polar surface area (TPSA) is 71.5 Å². The van der Waals surface area contributed by atoms with Crippen LogP contribution in [0, 0.1) is 6.92 Å². The number of benzene rings is 1. The Labute approximate surface area is 134 Å². The average molecular weight is 311 g/mol. The molecule has 1 aliphatic heterocycles. The molecule has 0 atom stereocenters. The molecule has 2 aromatic rings. The Hall–Kier alpha value is -2.89. The maximum atomic E-state index is 12.1. The van der Waals surface area contributed by atoms with Gasteiger partial charge in [-0.05, 0) is 42.3 Å². The van der Waals surface area contributed by atoms with E-state index in [0.717, 1.165) is 16.8 Å². The molecule has 2 heterocycles. The summed E-state index contributed by atoms with van der Waals surface area (Å²) in [5.41, 5.74) is 3.01. The number of aromatic nitrogens is 1. The fraction of sp³-hybridized carbons (Fsp3) is 0.235. The molecule has 1 aliphatic rings. The third-order valence-corrected chi connectivity index (χ3v) is 3.71. The number of nitrogens with one attached hydrogen (secondary N) is 1. The minimum absolute atomic E-state index is 0.0343. The van der Waals surface area contributed by atoms with E-state index in [9.17, 15) is 9.59 Å². The second-order valence-corrected chi connectivity index (χ2v) is 5.44. The molecule has 0 radical (unpaired) electrons. The normalized spacial score (nSPS) is 13.3. The molecule has 0 unspecified atom stereocenters. The number of hydrogen-bond donors (Lipinski definition) is 1. The SMILES string of the molecule is Cc1ccnc(C(=O)NCc2ccc3c(c2)OCC(=O)N3C)c1. The summed E-state index contributed by atoms with van der Waals surface area (Å²) in [5, 5.41) is 2.83. The summed E-state index contributed by atoms with van der Waals surface area (Å²) in [6.07, 6.45) is 1.61. The highest BCUT2D eigenvalue weighted by atomic mass is 16.5. The van der Waals surface area contributed by atoms with E-state index in [1.165, 1.54) is 0 Å². The Morgan fingerprint density at radius 2 is 2.17 bits per heavy atom. The summed E-state index contributed by atoms with van der Waals surface area (Å²) in [6.45, 7) is 2.31. The van der Waals surface area contributed by atoms with E-state index in [2.05, 4.69) is 10.3 Å². The smallest absolute Gasteiger partial charge is 0.270 e. The Morgan fingerprint density at radius 1 is 1.35 bits per heavy atom. The number of pyridine rings is 1. The molecule has 0 fully saturated rings. The number of hydrogen-bond acceptors (Lipinski definition) is 4. The van der Waals surface area contributed by atoms with Crippen LogP contribution in [0.2, 0.25) is 0 Å². The number of anilines is 1. The van der Waals surface area contributed by atoms with Crippen LogP contribution < -0.4 is 15.0 Å². The monoisotopic (exact) mass is 311 g/mol. The van der Waals surface area contributed by atoms with E-state index in [-0.39, 0.29) is 18.4 Å². The van der Waals surface area contributed by atoms with E-state index in [4.69, 9.17) is 4.74 Å². The van der Waals surface area contributed by atoms with Crippen molar-refractivity contribution in [2.24, 2.45) is 0 Å². The Bertz CT molecular complexity index is 773. The largest absolute Gasteiger partial charge is 0.482 e. The van der Waals surface area contributed by atoms with Crippen molar-refractivity contribution in [3.05, 3.63) is 53.3 Å². The number of aryl methyl sites for hydroxylation is 1. The van der Waals surface area contributed by atoms with Gasteiger partial charge in [0.25, 0.3) is 11.8 Å². The van der Waals surface area contributed by atoms with Crippen LogP contribution in [0.3, 0.4) is 0 Å². The first-order chi connectivity index (χ1) is 11.0. The van der Waals surface area contributed by atoms with Crippen molar-refractivity contribution in [3.8, 4) is 5.75 Å². The van der Waals surface area contributed by atoms with Crippen LogP contribution in [0.4, 0.5) is 5.69 Å². The molecule has 1 N–H and O–H groups in total. The van der Waals surface area contributed by atoms with Crippen LogP contribution >= 0.6 is 0 Å². The van der Waals surface area contributed by atoms with Crippen molar-refractivity contribution in [1.29, 1.82) is 0 Å². The second-order valence-electron chi connectivity index (χ2n) is 5.44. The van der Waals surface area contributed by atoms with Crippen LogP contribution in [0.25, 0.3) is 0 Å². The fourth-order valence-electron chi connectivity index (χ4n) is 2.37. The zero-order chi connectivity index (χ0) is 16.4. The van der Waals surface area contributed by atoms with Crippen LogP contribution in [0.15, 0.2) is 36.5 Å². The molecular formula is C17H17N3O3. The molecule has 1 aromatic heterocycles. The molecule has 0 bridgehead atoms. The lowest BCUT2D eigenvalue weighted by Gasteiger charge is -2.26. The van der Waals surface area contributed by atoms with Gasteiger partial charge in [0.05, 0.1) is 5.69 Å². The van der Waals surface area contributed by atoms with Crippen molar-refractivity contribution in [1.82, 2.24) is 10.3 Å². The number of amides is 2. The van der Waals surface area contributed by atoms with Crippen LogP contribution in [0.5, 0.6) is 5.75 Å². The first-order valence-corrected chi connectivity index (χ1v) is 7.28. The standard InChI is InChI=1S/C17H17N3O3/c1-11-5-6-18-13(7-11)17(22)19-9-12-3-4-14-15(8-12)23-10-16(21)20(14)2/h3-8H,9-10H2,1-2H3,(H,19,22). The summed E-state index contributed by atoms with van der Waals surface area (Å²) in [6, 6.07) is 9.10. The summed E-state index contributed by atoms with van der Waals surface area (Å²) < 4.78 is 5.44. The van der Waals surface area contributed by atoms with Crippen LogP contribution in [-0.2, 0) is 11.3 Å². The Morgan fingerprint density at radius 3 is 2.96 bits per heavy atom. The molecule has 1 aromatic carbocycles. The van der Waals surface area contributed by atoms with Gasteiger partial charge in [0.2, 0.25) is 0 Å². The Balaban J connectivity index is 1.70. The van der Waals surface area contributed by atoms with E-state index in [1.807, 2.05) is 31.2 Å². The van der Waals surface area contributed by atoms with E-state index in [0.29, 0.717) is 18.0 Å². The van der Waals surface area contributed by atoms with E-state index < -0.39 is 0 Å². The third kappa shape index (κ3) is 3.15. The molecule has 0 spiro atoms. The summed E-state index contributed by atoms with van der Waals surface area (Å²) in [7, 11) is 1.72. The molecule has 0 saturated carbocycles. The maximum absolute atomic E-state index is 12.1. The molecule has 118 valence electrons. The molecular weight excluding hydrogens is 294 g/mol. The molecule has 3 rings (SSSR count). The molecule has 0 saturated heterocycles. The highest BCUT2D eigenvalue weighted by Gasteiger charge is 2.22. The van der Waals surface area contributed by atoms with Gasteiger partial charge in [-0.15, -0.1) is 0 Å². The van der Waals surface area contributed by atoms with E-state index in [1.54, 1.807) is 24.2 Å². The lowest BCUT2D eigenvalue weighted by atomic mass is 10.1. The number of ether oxygens (including phenoxy) is 1. The van der Waals surface area contributed by atoms with Gasteiger partial charge in [0.15, 0.2) is 6.61 Å². The molecule has 23 heavy (non-hydrogen) atoms. The number of fused-ring (bicyclic) bond motifs is 1. The summed E-state index contributed by atoms with van der Waals surface area (Å²) in [5.74, 6) is 0.344. The maximum Gasteiger partial charge on any atom is 0.270 e. The van der Waals surface area contributed by atoms with Gasteiger partial charge in [-0.25, -0.2) is 0 Å². The number of carbonyl (C=O) groups excluding carboxylic acids is 2. The number of nitrogens with zero attached hydrogens (tertiary/aromatic N) is 2. The number of likely N-dealkylation sites (N-methyl/N-ethyl adjacent to an activating group) is 1. The van der Waals surface area contributed by atoms with Crippen molar-refractivity contribution in [2.75, 3.05) is 18.6 Å². The van der Waals surface area contributed by atoms with Gasteiger partial charge in [-0.3, -0.25) is 14.6 Å². The van der Waals surface area contributed by atoms with Gasteiger partial charge in [0, 0.05) is 19.8 Å².